The Morgan fingerprint density at radius 3 is 2.71 bits per heavy atom. The molecule has 1 fully saturated rings. The van der Waals surface area contributed by atoms with Crippen molar-refractivity contribution in [3.8, 4) is 0 Å². The Kier molecular flexibility index (Phi) is 6.27. The number of piperidine rings is 1. The minimum Gasteiger partial charge on any atom is -0.352 e. The first-order chi connectivity index (χ1) is 10.1. The molecule has 21 heavy (non-hydrogen) atoms. The van der Waals surface area contributed by atoms with Crippen LogP contribution in [0.2, 0.25) is 10.3 Å². The van der Waals surface area contributed by atoms with E-state index < -0.39 is 0 Å². The number of likely N-dealkylation sites (tertiary alicyclic amines) is 1. The van der Waals surface area contributed by atoms with Gasteiger partial charge in [0.25, 0.3) is 5.91 Å². The molecule has 2 heterocycles. The van der Waals surface area contributed by atoms with Crippen LogP contribution in [0, 0.1) is 5.92 Å². The predicted molar refractivity (Wildman–Crippen MR) is 86.0 cm³/mol. The fourth-order valence-electron chi connectivity index (χ4n) is 2.59. The van der Waals surface area contributed by atoms with Crippen LogP contribution in [0.15, 0.2) is 12.1 Å². The molecule has 0 bridgehead atoms. The van der Waals surface area contributed by atoms with Crippen LogP contribution in [0.4, 0.5) is 0 Å². The monoisotopic (exact) mass is 329 g/mol. The van der Waals surface area contributed by atoms with Gasteiger partial charge in [0.1, 0.15) is 10.3 Å². The molecule has 1 saturated heterocycles. The summed E-state index contributed by atoms with van der Waals surface area (Å²) >= 11 is 11.7. The summed E-state index contributed by atoms with van der Waals surface area (Å²) in [6.07, 6.45) is 3.90. The zero-order valence-corrected chi connectivity index (χ0v) is 13.8. The van der Waals surface area contributed by atoms with Gasteiger partial charge in [0.2, 0.25) is 0 Å². The van der Waals surface area contributed by atoms with Crippen LogP contribution in [0.3, 0.4) is 0 Å². The summed E-state index contributed by atoms with van der Waals surface area (Å²) in [5.74, 6) is 0.209. The SMILES string of the molecule is CC(CNC(=O)c1ccc(Cl)nc1Cl)CN1CCCCC1. The molecule has 1 aromatic heterocycles. The number of aromatic nitrogens is 1. The summed E-state index contributed by atoms with van der Waals surface area (Å²) < 4.78 is 0. The molecular formula is C15H21Cl2N3O. The van der Waals surface area contributed by atoms with Crippen LogP contribution in [-0.4, -0.2) is 42.0 Å². The van der Waals surface area contributed by atoms with Crippen LogP contribution < -0.4 is 5.32 Å². The first kappa shape index (κ1) is 16.5. The van der Waals surface area contributed by atoms with Crippen molar-refractivity contribution in [1.82, 2.24) is 15.2 Å². The lowest BCUT2D eigenvalue weighted by Crippen LogP contribution is -2.38. The summed E-state index contributed by atoms with van der Waals surface area (Å²) in [5, 5.41) is 3.34. The Bertz CT molecular complexity index is 490. The number of nitrogens with zero attached hydrogens (tertiary/aromatic N) is 2. The van der Waals surface area contributed by atoms with Gasteiger partial charge in [-0.25, -0.2) is 4.98 Å². The minimum absolute atomic E-state index is 0.142. The quantitative estimate of drug-likeness (QED) is 0.843. The number of hydrogen-bond acceptors (Lipinski definition) is 3. The van der Waals surface area contributed by atoms with Crippen molar-refractivity contribution in [1.29, 1.82) is 0 Å². The highest BCUT2D eigenvalue weighted by atomic mass is 35.5. The van der Waals surface area contributed by atoms with Crippen molar-refractivity contribution in [2.75, 3.05) is 26.2 Å². The molecule has 0 aromatic carbocycles. The molecular weight excluding hydrogens is 309 g/mol. The summed E-state index contributed by atoms with van der Waals surface area (Å²) in [6, 6.07) is 3.17. The maximum Gasteiger partial charge on any atom is 0.254 e. The number of amides is 1. The molecule has 1 atom stereocenters. The van der Waals surface area contributed by atoms with Crippen molar-refractivity contribution < 1.29 is 4.79 Å². The van der Waals surface area contributed by atoms with Crippen molar-refractivity contribution in [2.45, 2.75) is 26.2 Å². The molecule has 0 aliphatic carbocycles. The molecule has 1 N–H and O–H groups in total. The maximum absolute atomic E-state index is 12.1. The van der Waals surface area contributed by atoms with Gasteiger partial charge < -0.3 is 10.2 Å². The lowest BCUT2D eigenvalue weighted by Gasteiger charge is -2.29. The van der Waals surface area contributed by atoms with E-state index >= 15 is 0 Å². The summed E-state index contributed by atoms with van der Waals surface area (Å²) in [4.78, 5) is 18.4. The van der Waals surface area contributed by atoms with E-state index in [1.807, 2.05) is 0 Å². The van der Waals surface area contributed by atoms with Crippen LogP contribution in [0.1, 0.15) is 36.5 Å². The molecule has 2 rings (SSSR count). The zero-order valence-electron chi connectivity index (χ0n) is 12.2. The Morgan fingerprint density at radius 1 is 1.33 bits per heavy atom. The fraction of sp³-hybridized carbons (Fsp3) is 0.600. The van der Waals surface area contributed by atoms with Gasteiger partial charge in [0.15, 0.2) is 0 Å². The van der Waals surface area contributed by atoms with Crippen molar-refractivity contribution >= 4 is 29.1 Å². The number of rotatable bonds is 5. The molecule has 0 spiro atoms. The van der Waals surface area contributed by atoms with Gasteiger partial charge in [-0.15, -0.1) is 0 Å². The Balaban J connectivity index is 1.80. The molecule has 4 nitrogen and oxygen atoms in total. The van der Waals surface area contributed by atoms with E-state index in [4.69, 9.17) is 23.2 Å². The number of carbonyl (C=O) groups is 1. The number of nitrogens with one attached hydrogen (secondary N) is 1. The van der Waals surface area contributed by atoms with Crippen molar-refractivity contribution in [3.63, 3.8) is 0 Å². The van der Waals surface area contributed by atoms with Gasteiger partial charge >= 0.3 is 0 Å². The largest absolute Gasteiger partial charge is 0.352 e. The summed E-state index contributed by atoms with van der Waals surface area (Å²) in [6.45, 7) is 6.15. The molecule has 1 aromatic rings. The van der Waals surface area contributed by atoms with E-state index in [1.54, 1.807) is 12.1 Å². The highest BCUT2D eigenvalue weighted by molar-refractivity contribution is 6.34. The van der Waals surface area contributed by atoms with Crippen LogP contribution >= 0.6 is 23.2 Å². The highest BCUT2D eigenvalue weighted by Crippen LogP contribution is 2.16. The molecule has 6 heteroatoms. The van der Waals surface area contributed by atoms with Gasteiger partial charge in [-0.2, -0.15) is 0 Å². The first-order valence-corrected chi connectivity index (χ1v) is 8.14. The standard InChI is InChI=1S/C15H21Cl2N3O/c1-11(10-20-7-3-2-4-8-20)9-18-15(21)12-5-6-13(16)19-14(12)17/h5-6,11H,2-4,7-10H2,1H3,(H,18,21). The van der Waals surface area contributed by atoms with E-state index in [2.05, 4.69) is 22.1 Å². The third-order valence-corrected chi connectivity index (χ3v) is 4.19. The molecule has 116 valence electrons. The van der Waals surface area contributed by atoms with E-state index in [0.29, 0.717) is 18.0 Å². The summed E-state index contributed by atoms with van der Waals surface area (Å²) in [7, 11) is 0. The first-order valence-electron chi connectivity index (χ1n) is 7.39. The second-order valence-corrected chi connectivity index (χ2v) is 6.39. The maximum atomic E-state index is 12.1. The van der Waals surface area contributed by atoms with Gasteiger partial charge in [-0.3, -0.25) is 4.79 Å². The average Bonchev–Trinajstić information content (AvgIpc) is 2.46. The van der Waals surface area contributed by atoms with E-state index in [9.17, 15) is 4.79 Å². The smallest absolute Gasteiger partial charge is 0.254 e. The third-order valence-electron chi connectivity index (χ3n) is 3.69. The van der Waals surface area contributed by atoms with Crippen LogP contribution in [-0.2, 0) is 0 Å². The molecule has 0 saturated carbocycles. The lowest BCUT2D eigenvalue weighted by atomic mass is 10.1. The zero-order chi connectivity index (χ0) is 15.2. The fourth-order valence-corrected chi connectivity index (χ4v) is 3.02. The summed E-state index contributed by atoms with van der Waals surface area (Å²) in [5.41, 5.74) is 0.367. The number of carbonyl (C=O) groups excluding carboxylic acids is 1. The number of halogens is 2. The lowest BCUT2D eigenvalue weighted by molar-refractivity contribution is 0.0942. The molecule has 1 amide bonds. The van der Waals surface area contributed by atoms with E-state index in [1.165, 1.54) is 32.4 Å². The average molecular weight is 330 g/mol. The number of pyridine rings is 1. The molecule has 0 radical (unpaired) electrons. The molecule has 1 aliphatic rings. The molecule has 1 unspecified atom stereocenters. The second-order valence-electron chi connectivity index (χ2n) is 5.65. The topological polar surface area (TPSA) is 45.2 Å². The predicted octanol–water partition coefficient (Wildman–Crippen LogP) is 3.24. The Morgan fingerprint density at radius 2 is 2.05 bits per heavy atom. The van der Waals surface area contributed by atoms with Crippen molar-refractivity contribution in [3.05, 3.63) is 28.0 Å². The van der Waals surface area contributed by atoms with Gasteiger partial charge in [0, 0.05) is 13.1 Å². The van der Waals surface area contributed by atoms with E-state index in [-0.39, 0.29) is 16.2 Å². The third kappa shape index (κ3) is 5.13. The minimum atomic E-state index is -0.199. The van der Waals surface area contributed by atoms with Crippen molar-refractivity contribution in [2.24, 2.45) is 5.92 Å². The normalized spacial score (nSPS) is 17.5. The van der Waals surface area contributed by atoms with Crippen LogP contribution in [0.25, 0.3) is 0 Å². The number of hydrogen-bond donors (Lipinski definition) is 1. The van der Waals surface area contributed by atoms with Crippen LogP contribution in [0.5, 0.6) is 0 Å². The Hall–Kier alpha value is -0.840. The van der Waals surface area contributed by atoms with Gasteiger partial charge in [-0.1, -0.05) is 36.5 Å². The highest BCUT2D eigenvalue weighted by Gasteiger charge is 2.16. The second kappa shape index (κ2) is 7.97. The molecule has 1 aliphatic heterocycles. The van der Waals surface area contributed by atoms with Gasteiger partial charge in [-0.05, 0) is 44.0 Å². The van der Waals surface area contributed by atoms with E-state index in [0.717, 1.165) is 6.54 Å². The Labute approximate surface area is 135 Å². The van der Waals surface area contributed by atoms with Gasteiger partial charge in [0.05, 0.1) is 5.56 Å².